The van der Waals surface area contributed by atoms with Crippen LogP contribution < -0.4 is 5.32 Å². The topological polar surface area (TPSA) is 41.6 Å². The van der Waals surface area contributed by atoms with E-state index in [-0.39, 0.29) is 11.9 Å². The lowest BCUT2D eigenvalue weighted by atomic mass is 9.99. The Morgan fingerprint density at radius 1 is 1.00 bits per heavy atom. The maximum Gasteiger partial charge on any atom is 0.234 e. The van der Waals surface area contributed by atoms with Crippen LogP contribution in [-0.2, 0) is 16.0 Å². The van der Waals surface area contributed by atoms with Crippen LogP contribution in [0.25, 0.3) is 0 Å². The number of carbonyl (C=O) groups excluding carboxylic acids is 1. The van der Waals surface area contributed by atoms with Gasteiger partial charge in [0, 0.05) is 13.1 Å². The molecule has 126 valence electrons. The predicted molar refractivity (Wildman–Crippen MR) is 94.7 cm³/mol. The molecule has 2 aromatic rings. The first-order chi connectivity index (χ1) is 11.8. The summed E-state index contributed by atoms with van der Waals surface area (Å²) in [5.41, 5.74) is 2.36. The first-order valence-electron chi connectivity index (χ1n) is 8.49. The summed E-state index contributed by atoms with van der Waals surface area (Å²) in [5, 5.41) is 3.21. The van der Waals surface area contributed by atoms with Crippen LogP contribution >= 0.6 is 0 Å². The third-order valence-corrected chi connectivity index (χ3v) is 4.29. The van der Waals surface area contributed by atoms with Crippen molar-refractivity contribution in [3.63, 3.8) is 0 Å². The van der Waals surface area contributed by atoms with Gasteiger partial charge >= 0.3 is 0 Å². The fourth-order valence-electron chi connectivity index (χ4n) is 2.99. The number of ether oxygens (including phenoxy) is 1. The first kappa shape index (κ1) is 16.7. The Morgan fingerprint density at radius 2 is 1.62 bits per heavy atom. The predicted octanol–water partition coefficient (Wildman–Crippen LogP) is 2.42. The SMILES string of the molecule is O=C(CN1CCOCC1)NC(Cc1ccccc1)c1ccccc1. The van der Waals surface area contributed by atoms with Crippen molar-refractivity contribution in [2.45, 2.75) is 12.5 Å². The molecule has 1 saturated heterocycles. The minimum Gasteiger partial charge on any atom is -0.379 e. The van der Waals surface area contributed by atoms with E-state index in [0.717, 1.165) is 25.1 Å². The summed E-state index contributed by atoms with van der Waals surface area (Å²) < 4.78 is 5.34. The van der Waals surface area contributed by atoms with Crippen molar-refractivity contribution in [1.29, 1.82) is 0 Å². The second kappa shape index (κ2) is 8.62. The molecule has 0 bridgehead atoms. The molecule has 0 radical (unpaired) electrons. The molecule has 1 atom stereocenters. The van der Waals surface area contributed by atoms with Gasteiger partial charge in [0.1, 0.15) is 0 Å². The number of hydrogen-bond donors (Lipinski definition) is 1. The zero-order valence-electron chi connectivity index (χ0n) is 13.9. The highest BCUT2D eigenvalue weighted by atomic mass is 16.5. The van der Waals surface area contributed by atoms with E-state index < -0.39 is 0 Å². The molecule has 2 aromatic carbocycles. The number of nitrogens with zero attached hydrogens (tertiary/aromatic N) is 1. The molecule has 1 aliphatic heterocycles. The van der Waals surface area contributed by atoms with E-state index in [4.69, 9.17) is 4.74 Å². The van der Waals surface area contributed by atoms with Crippen molar-refractivity contribution < 1.29 is 9.53 Å². The molecule has 4 heteroatoms. The maximum atomic E-state index is 12.5. The van der Waals surface area contributed by atoms with E-state index >= 15 is 0 Å². The molecule has 1 amide bonds. The summed E-state index contributed by atoms with van der Waals surface area (Å²) in [4.78, 5) is 14.6. The molecular formula is C20H24N2O2. The molecule has 1 heterocycles. The maximum absolute atomic E-state index is 12.5. The fourth-order valence-corrected chi connectivity index (χ4v) is 2.99. The lowest BCUT2D eigenvalue weighted by Gasteiger charge is -2.27. The smallest absolute Gasteiger partial charge is 0.234 e. The van der Waals surface area contributed by atoms with Crippen molar-refractivity contribution in [3.8, 4) is 0 Å². The van der Waals surface area contributed by atoms with Gasteiger partial charge in [-0.1, -0.05) is 60.7 Å². The first-order valence-corrected chi connectivity index (χ1v) is 8.49. The normalized spacial score (nSPS) is 16.5. The van der Waals surface area contributed by atoms with Crippen LogP contribution in [-0.4, -0.2) is 43.7 Å². The van der Waals surface area contributed by atoms with Gasteiger partial charge < -0.3 is 10.1 Å². The molecule has 4 nitrogen and oxygen atoms in total. The molecule has 3 rings (SSSR count). The van der Waals surface area contributed by atoms with Crippen molar-refractivity contribution in [2.24, 2.45) is 0 Å². The van der Waals surface area contributed by atoms with Crippen molar-refractivity contribution in [3.05, 3.63) is 71.8 Å². The van der Waals surface area contributed by atoms with Gasteiger partial charge in [0.25, 0.3) is 0 Å². The minimum atomic E-state index is -0.0119. The van der Waals surface area contributed by atoms with Crippen molar-refractivity contribution in [2.75, 3.05) is 32.8 Å². The third-order valence-electron chi connectivity index (χ3n) is 4.29. The third kappa shape index (κ3) is 4.91. The van der Waals surface area contributed by atoms with Crippen LogP contribution in [0.4, 0.5) is 0 Å². The van der Waals surface area contributed by atoms with E-state index in [1.165, 1.54) is 5.56 Å². The number of nitrogens with one attached hydrogen (secondary N) is 1. The van der Waals surface area contributed by atoms with E-state index in [9.17, 15) is 4.79 Å². The number of rotatable bonds is 6. The van der Waals surface area contributed by atoms with Gasteiger partial charge in [-0.3, -0.25) is 9.69 Å². The summed E-state index contributed by atoms with van der Waals surface area (Å²) >= 11 is 0. The monoisotopic (exact) mass is 324 g/mol. The number of carbonyl (C=O) groups is 1. The summed E-state index contributed by atoms with van der Waals surface area (Å²) in [6, 6.07) is 20.4. The van der Waals surface area contributed by atoms with E-state index in [2.05, 4.69) is 34.5 Å². The van der Waals surface area contributed by atoms with E-state index in [0.29, 0.717) is 19.8 Å². The highest BCUT2D eigenvalue weighted by molar-refractivity contribution is 5.78. The Bertz CT molecular complexity index is 625. The molecule has 1 unspecified atom stereocenters. The Kier molecular flexibility index (Phi) is 5.99. The zero-order chi connectivity index (χ0) is 16.6. The highest BCUT2D eigenvalue weighted by Gasteiger charge is 2.18. The lowest BCUT2D eigenvalue weighted by Crippen LogP contribution is -2.44. The Hall–Kier alpha value is -2.17. The van der Waals surface area contributed by atoms with Crippen LogP contribution in [0.5, 0.6) is 0 Å². The van der Waals surface area contributed by atoms with Gasteiger partial charge in [-0.05, 0) is 17.5 Å². The van der Waals surface area contributed by atoms with Crippen LogP contribution in [0.1, 0.15) is 17.2 Å². The Morgan fingerprint density at radius 3 is 2.29 bits per heavy atom. The van der Waals surface area contributed by atoms with Crippen LogP contribution in [0.2, 0.25) is 0 Å². The number of hydrogen-bond acceptors (Lipinski definition) is 3. The standard InChI is InChI=1S/C20H24N2O2/c23-20(16-22-11-13-24-14-12-22)21-19(18-9-5-2-6-10-18)15-17-7-3-1-4-8-17/h1-10,19H,11-16H2,(H,21,23). The Balaban J connectivity index is 1.66. The quantitative estimate of drug-likeness (QED) is 0.887. The molecular weight excluding hydrogens is 300 g/mol. The number of amides is 1. The highest BCUT2D eigenvalue weighted by Crippen LogP contribution is 2.18. The summed E-state index contributed by atoms with van der Waals surface area (Å²) in [6.07, 6.45) is 0.791. The second-order valence-electron chi connectivity index (χ2n) is 6.11. The summed E-state index contributed by atoms with van der Waals surface area (Å²) in [5.74, 6) is 0.0710. The zero-order valence-corrected chi connectivity index (χ0v) is 13.9. The number of morpholine rings is 1. The van der Waals surface area contributed by atoms with Gasteiger partial charge in [0.15, 0.2) is 0 Å². The second-order valence-corrected chi connectivity index (χ2v) is 6.11. The van der Waals surface area contributed by atoms with Gasteiger partial charge in [-0.15, -0.1) is 0 Å². The van der Waals surface area contributed by atoms with Crippen molar-refractivity contribution >= 4 is 5.91 Å². The van der Waals surface area contributed by atoms with Crippen LogP contribution in [0.3, 0.4) is 0 Å². The van der Waals surface area contributed by atoms with Crippen LogP contribution in [0.15, 0.2) is 60.7 Å². The molecule has 1 fully saturated rings. The molecule has 1 aliphatic rings. The summed E-state index contributed by atoms with van der Waals surface area (Å²) in [6.45, 7) is 3.49. The average molecular weight is 324 g/mol. The number of benzene rings is 2. The van der Waals surface area contributed by atoms with E-state index in [1.807, 2.05) is 36.4 Å². The van der Waals surface area contributed by atoms with Gasteiger partial charge in [0.2, 0.25) is 5.91 Å². The van der Waals surface area contributed by atoms with Crippen LogP contribution in [0, 0.1) is 0 Å². The Labute approximate surface area is 143 Å². The van der Waals surface area contributed by atoms with Gasteiger partial charge in [-0.25, -0.2) is 0 Å². The largest absolute Gasteiger partial charge is 0.379 e. The minimum absolute atomic E-state index is 0.0119. The molecule has 0 spiro atoms. The van der Waals surface area contributed by atoms with E-state index in [1.54, 1.807) is 0 Å². The van der Waals surface area contributed by atoms with Crippen molar-refractivity contribution in [1.82, 2.24) is 10.2 Å². The molecule has 1 N–H and O–H groups in total. The van der Waals surface area contributed by atoms with Gasteiger partial charge in [-0.2, -0.15) is 0 Å². The summed E-state index contributed by atoms with van der Waals surface area (Å²) in [7, 11) is 0. The lowest BCUT2D eigenvalue weighted by molar-refractivity contribution is -0.124. The molecule has 0 aliphatic carbocycles. The average Bonchev–Trinajstić information content (AvgIpc) is 2.63. The molecule has 24 heavy (non-hydrogen) atoms. The molecule has 0 aromatic heterocycles. The van der Waals surface area contributed by atoms with Gasteiger partial charge in [0.05, 0.1) is 25.8 Å². The fraction of sp³-hybridized carbons (Fsp3) is 0.350. The molecule has 0 saturated carbocycles.